The van der Waals surface area contributed by atoms with Crippen molar-refractivity contribution in [2.75, 3.05) is 0 Å². The van der Waals surface area contributed by atoms with Crippen LogP contribution in [0, 0.1) is 0 Å². The summed E-state index contributed by atoms with van der Waals surface area (Å²) in [5.74, 6) is 0.127. The number of nitrogens with zero attached hydrogens (tertiary/aromatic N) is 2. The second kappa shape index (κ2) is 5.80. The monoisotopic (exact) mass is 226 g/mol. The normalized spacial score (nSPS) is 10.8. The van der Waals surface area contributed by atoms with Crippen molar-refractivity contribution in [3.8, 4) is 0 Å². The molecule has 2 aromatic rings. The Kier molecular flexibility index (Phi) is 3.86. The highest BCUT2D eigenvalue weighted by Crippen LogP contribution is 2.02. The molecule has 0 N–H and O–H groups in total. The molecule has 17 heavy (non-hydrogen) atoms. The van der Waals surface area contributed by atoms with E-state index in [1.165, 1.54) is 0 Å². The molecule has 0 saturated heterocycles. The minimum Gasteiger partial charge on any atom is -0.337 e. The predicted octanol–water partition coefficient (Wildman–Crippen LogP) is 2.56. The van der Waals surface area contributed by atoms with Crippen molar-refractivity contribution in [1.29, 1.82) is 0 Å². The first-order valence-corrected chi connectivity index (χ1v) is 5.56. The molecule has 0 atom stereocenters. The molecule has 0 unspecified atom stereocenters. The zero-order valence-corrected chi connectivity index (χ0v) is 9.49. The third-order valence-corrected chi connectivity index (χ3v) is 2.44. The number of hydrogen-bond acceptors (Lipinski definition) is 2. The predicted molar refractivity (Wildman–Crippen MR) is 67.3 cm³/mol. The van der Waals surface area contributed by atoms with Crippen LogP contribution in [0.25, 0.3) is 6.08 Å². The number of carbonyl (C=O) groups excluding carboxylic acids is 1. The van der Waals surface area contributed by atoms with Crippen LogP contribution in [0.1, 0.15) is 12.0 Å². The van der Waals surface area contributed by atoms with Crippen molar-refractivity contribution in [3.05, 3.63) is 60.7 Å². The fourth-order valence-corrected chi connectivity index (χ4v) is 1.49. The van der Waals surface area contributed by atoms with E-state index < -0.39 is 0 Å². The number of allylic oxidation sites excluding steroid dienone is 1. The van der Waals surface area contributed by atoms with Crippen LogP contribution in [0.5, 0.6) is 0 Å². The molecule has 1 heterocycles. The number of ketones is 1. The number of benzene rings is 1. The molecule has 0 aliphatic heterocycles. The van der Waals surface area contributed by atoms with E-state index in [2.05, 4.69) is 4.98 Å². The van der Waals surface area contributed by atoms with Gasteiger partial charge in [-0.05, 0) is 11.6 Å². The Bertz CT molecular complexity index is 486. The molecule has 0 spiro atoms. The standard InChI is InChI=1S/C14H14N2O/c17-14(8-10-16-11-9-15-12-16)7-6-13-4-2-1-3-5-13/h1-7,9,11-12H,8,10H2. The molecule has 1 aromatic heterocycles. The van der Waals surface area contributed by atoms with Gasteiger partial charge < -0.3 is 4.57 Å². The van der Waals surface area contributed by atoms with Crippen LogP contribution in [-0.2, 0) is 11.3 Å². The van der Waals surface area contributed by atoms with E-state index in [1.807, 2.05) is 47.2 Å². The molecule has 0 radical (unpaired) electrons. The summed E-state index contributed by atoms with van der Waals surface area (Å²) in [4.78, 5) is 15.5. The Morgan fingerprint density at radius 1 is 1.29 bits per heavy atom. The summed E-state index contributed by atoms with van der Waals surface area (Å²) in [5.41, 5.74) is 1.04. The molecular formula is C14H14N2O. The van der Waals surface area contributed by atoms with Gasteiger partial charge in [-0.25, -0.2) is 4.98 Å². The average Bonchev–Trinajstić information content (AvgIpc) is 2.88. The highest BCUT2D eigenvalue weighted by molar-refractivity contribution is 5.93. The van der Waals surface area contributed by atoms with Crippen molar-refractivity contribution in [1.82, 2.24) is 9.55 Å². The van der Waals surface area contributed by atoms with E-state index in [4.69, 9.17) is 0 Å². The third kappa shape index (κ3) is 3.72. The second-order valence-electron chi connectivity index (χ2n) is 3.76. The van der Waals surface area contributed by atoms with Gasteiger partial charge in [0, 0.05) is 25.4 Å². The SMILES string of the molecule is O=C(C=Cc1ccccc1)CCn1ccnc1. The summed E-state index contributed by atoms with van der Waals surface area (Å²) in [6.45, 7) is 0.679. The quantitative estimate of drug-likeness (QED) is 0.734. The summed E-state index contributed by atoms with van der Waals surface area (Å²) >= 11 is 0. The highest BCUT2D eigenvalue weighted by Gasteiger charge is 1.97. The number of rotatable bonds is 5. The summed E-state index contributed by atoms with van der Waals surface area (Å²) in [6.07, 6.45) is 9.26. The molecule has 0 bridgehead atoms. The van der Waals surface area contributed by atoms with E-state index in [1.54, 1.807) is 18.6 Å². The maximum absolute atomic E-state index is 11.6. The van der Waals surface area contributed by atoms with E-state index in [-0.39, 0.29) is 5.78 Å². The smallest absolute Gasteiger partial charge is 0.157 e. The van der Waals surface area contributed by atoms with Gasteiger partial charge in [0.05, 0.1) is 6.33 Å². The lowest BCUT2D eigenvalue weighted by molar-refractivity contribution is -0.114. The second-order valence-corrected chi connectivity index (χ2v) is 3.76. The van der Waals surface area contributed by atoms with Gasteiger partial charge in [0.25, 0.3) is 0 Å². The lowest BCUT2D eigenvalue weighted by atomic mass is 10.2. The van der Waals surface area contributed by atoms with Gasteiger partial charge in [-0.3, -0.25) is 4.79 Å². The van der Waals surface area contributed by atoms with Crippen LogP contribution >= 0.6 is 0 Å². The Hall–Kier alpha value is -2.16. The number of imidazole rings is 1. The van der Waals surface area contributed by atoms with Crippen molar-refractivity contribution >= 4 is 11.9 Å². The van der Waals surface area contributed by atoms with E-state index in [0.29, 0.717) is 13.0 Å². The zero-order chi connectivity index (χ0) is 11.9. The topological polar surface area (TPSA) is 34.9 Å². The number of aromatic nitrogens is 2. The van der Waals surface area contributed by atoms with Crippen LogP contribution < -0.4 is 0 Å². The van der Waals surface area contributed by atoms with E-state index in [0.717, 1.165) is 5.56 Å². The molecule has 3 nitrogen and oxygen atoms in total. The third-order valence-electron chi connectivity index (χ3n) is 2.44. The van der Waals surface area contributed by atoms with Gasteiger partial charge in [0.1, 0.15) is 0 Å². The number of aryl methyl sites for hydroxylation is 1. The molecule has 0 saturated carbocycles. The molecular weight excluding hydrogens is 212 g/mol. The molecule has 0 fully saturated rings. The van der Waals surface area contributed by atoms with Crippen molar-refractivity contribution in [2.24, 2.45) is 0 Å². The maximum Gasteiger partial charge on any atom is 0.157 e. The summed E-state index contributed by atoms with van der Waals surface area (Å²) in [7, 11) is 0. The van der Waals surface area contributed by atoms with Gasteiger partial charge in [0.2, 0.25) is 0 Å². The number of carbonyl (C=O) groups is 1. The van der Waals surface area contributed by atoms with Crippen LogP contribution in [0.15, 0.2) is 55.1 Å². The van der Waals surface area contributed by atoms with Crippen LogP contribution in [0.2, 0.25) is 0 Å². The lowest BCUT2D eigenvalue weighted by Gasteiger charge is -1.98. The molecule has 0 aliphatic rings. The van der Waals surface area contributed by atoms with Gasteiger partial charge in [0.15, 0.2) is 5.78 Å². The molecule has 3 heteroatoms. The summed E-state index contributed by atoms with van der Waals surface area (Å²) < 4.78 is 1.90. The molecule has 2 rings (SSSR count). The van der Waals surface area contributed by atoms with Crippen LogP contribution in [-0.4, -0.2) is 15.3 Å². The summed E-state index contributed by atoms with van der Waals surface area (Å²) in [6, 6.07) is 9.81. The number of hydrogen-bond donors (Lipinski definition) is 0. The van der Waals surface area contributed by atoms with E-state index in [9.17, 15) is 4.79 Å². The van der Waals surface area contributed by atoms with Crippen LogP contribution in [0.4, 0.5) is 0 Å². The first-order chi connectivity index (χ1) is 8.34. The van der Waals surface area contributed by atoms with E-state index >= 15 is 0 Å². The Morgan fingerprint density at radius 2 is 2.12 bits per heavy atom. The Labute approximate surface area is 100 Å². The minimum absolute atomic E-state index is 0.127. The first kappa shape index (κ1) is 11.3. The molecule has 86 valence electrons. The largest absolute Gasteiger partial charge is 0.337 e. The molecule has 0 aliphatic carbocycles. The van der Waals surface area contributed by atoms with Gasteiger partial charge in [-0.15, -0.1) is 0 Å². The molecule has 1 aromatic carbocycles. The fraction of sp³-hybridized carbons (Fsp3) is 0.143. The summed E-state index contributed by atoms with van der Waals surface area (Å²) in [5, 5.41) is 0. The fourth-order valence-electron chi connectivity index (χ4n) is 1.49. The highest BCUT2D eigenvalue weighted by atomic mass is 16.1. The van der Waals surface area contributed by atoms with Crippen molar-refractivity contribution < 1.29 is 4.79 Å². The first-order valence-electron chi connectivity index (χ1n) is 5.56. The Morgan fingerprint density at radius 3 is 2.82 bits per heavy atom. The minimum atomic E-state index is 0.127. The van der Waals surface area contributed by atoms with Crippen LogP contribution in [0.3, 0.4) is 0 Å². The van der Waals surface area contributed by atoms with Gasteiger partial charge in [-0.2, -0.15) is 0 Å². The Balaban J connectivity index is 1.83. The average molecular weight is 226 g/mol. The van der Waals surface area contributed by atoms with Crippen molar-refractivity contribution in [2.45, 2.75) is 13.0 Å². The molecule has 0 amide bonds. The van der Waals surface area contributed by atoms with Crippen molar-refractivity contribution in [3.63, 3.8) is 0 Å². The lowest BCUT2D eigenvalue weighted by Crippen LogP contribution is -2.01. The zero-order valence-electron chi connectivity index (χ0n) is 9.49. The van der Waals surface area contributed by atoms with Gasteiger partial charge >= 0.3 is 0 Å². The van der Waals surface area contributed by atoms with Gasteiger partial charge in [-0.1, -0.05) is 36.4 Å². The maximum atomic E-state index is 11.6.